The summed E-state index contributed by atoms with van der Waals surface area (Å²) in [6.07, 6.45) is 3.70. The lowest BCUT2D eigenvalue weighted by molar-refractivity contribution is 1.02. The second kappa shape index (κ2) is 9.53. The molecule has 0 unspecified atom stereocenters. The lowest BCUT2D eigenvalue weighted by Gasteiger charge is -2.12. The maximum Gasteiger partial charge on any atom is 0.235 e. The molecule has 0 bridgehead atoms. The molecule has 0 saturated carbocycles. The van der Waals surface area contributed by atoms with Crippen LogP contribution in [0.15, 0.2) is 134 Å². The summed E-state index contributed by atoms with van der Waals surface area (Å²) in [4.78, 5) is 14.9. The molecule has 0 aliphatic carbocycles. The van der Waals surface area contributed by atoms with Gasteiger partial charge in [-0.3, -0.25) is 9.55 Å². The first-order valence-corrected chi connectivity index (χ1v) is 16.5. The van der Waals surface area contributed by atoms with Gasteiger partial charge in [0.1, 0.15) is 0 Å². The molecule has 10 rings (SSSR count). The first kappa shape index (κ1) is 25.0. The number of para-hydroxylation sites is 2. The first-order chi connectivity index (χ1) is 22.3. The van der Waals surface area contributed by atoms with Crippen molar-refractivity contribution in [2.24, 2.45) is 0 Å². The van der Waals surface area contributed by atoms with Crippen molar-refractivity contribution < 1.29 is 0 Å². The summed E-state index contributed by atoms with van der Waals surface area (Å²) >= 11 is 3.77. The quantitative estimate of drug-likeness (QED) is 0.200. The van der Waals surface area contributed by atoms with E-state index in [1.165, 1.54) is 45.9 Å². The third-order valence-corrected chi connectivity index (χ3v) is 11.3. The minimum atomic E-state index is 0.681. The molecule has 0 amide bonds. The van der Waals surface area contributed by atoms with Gasteiger partial charge in [0.25, 0.3) is 0 Å². The van der Waals surface area contributed by atoms with Crippen molar-refractivity contribution in [3.05, 3.63) is 134 Å². The number of hydrogen-bond donors (Lipinski definition) is 0. The molecule has 0 atom stereocenters. The topological polar surface area (TPSA) is 43.6 Å². The SMILES string of the molecule is c1cncc(-c2ccc(-c3nc(-n4c5ccccc5c5ccc6c7sc8ccccc8c7sc6c54)nc4ccccc34)cc2)c1. The van der Waals surface area contributed by atoms with Crippen molar-refractivity contribution in [3.8, 4) is 28.3 Å². The van der Waals surface area contributed by atoms with Gasteiger partial charge in [-0.15, -0.1) is 22.7 Å². The minimum Gasteiger partial charge on any atom is -0.276 e. The number of hydrogen-bond acceptors (Lipinski definition) is 5. The van der Waals surface area contributed by atoms with Crippen molar-refractivity contribution >= 4 is 85.0 Å². The van der Waals surface area contributed by atoms with Gasteiger partial charge < -0.3 is 0 Å². The number of fused-ring (bicyclic) bond motifs is 10. The molecule has 45 heavy (non-hydrogen) atoms. The molecule has 0 N–H and O–H groups in total. The van der Waals surface area contributed by atoms with Gasteiger partial charge in [-0.05, 0) is 35.4 Å². The van der Waals surface area contributed by atoms with E-state index in [0.29, 0.717) is 5.95 Å². The molecule has 0 spiro atoms. The van der Waals surface area contributed by atoms with Gasteiger partial charge >= 0.3 is 0 Å². The Morgan fingerprint density at radius 2 is 1.22 bits per heavy atom. The third kappa shape index (κ3) is 3.67. The van der Waals surface area contributed by atoms with E-state index in [2.05, 4.69) is 125 Å². The zero-order valence-electron chi connectivity index (χ0n) is 23.8. The van der Waals surface area contributed by atoms with Crippen LogP contribution in [0.1, 0.15) is 0 Å². The van der Waals surface area contributed by atoms with Crippen LogP contribution in [0.4, 0.5) is 0 Å². The van der Waals surface area contributed by atoms with Crippen LogP contribution in [-0.2, 0) is 0 Å². The number of thiophene rings is 2. The molecule has 5 aromatic carbocycles. The highest BCUT2D eigenvalue weighted by Crippen LogP contribution is 2.48. The van der Waals surface area contributed by atoms with Crippen LogP contribution in [0.2, 0.25) is 0 Å². The van der Waals surface area contributed by atoms with Crippen molar-refractivity contribution in [2.45, 2.75) is 0 Å². The smallest absolute Gasteiger partial charge is 0.235 e. The minimum absolute atomic E-state index is 0.681. The Labute approximate surface area is 265 Å². The summed E-state index contributed by atoms with van der Waals surface area (Å²) in [5.74, 6) is 0.681. The van der Waals surface area contributed by atoms with E-state index in [4.69, 9.17) is 9.97 Å². The summed E-state index contributed by atoms with van der Waals surface area (Å²) < 4.78 is 7.59. The average molecular weight is 611 g/mol. The Morgan fingerprint density at radius 1 is 0.489 bits per heavy atom. The third-order valence-electron chi connectivity index (χ3n) is 8.73. The van der Waals surface area contributed by atoms with E-state index in [0.717, 1.165) is 38.8 Å². The summed E-state index contributed by atoms with van der Waals surface area (Å²) in [5.41, 5.74) is 7.39. The van der Waals surface area contributed by atoms with Crippen LogP contribution in [0, 0.1) is 0 Å². The summed E-state index contributed by atoms with van der Waals surface area (Å²) in [6, 6.07) is 42.9. The first-order valence-electron chi connectivity index (χ1n) is 14.9. The van der Waals surface area contributed by atoms with Crippen LogP contribution in [0.25, 0.3) is 90.6 Å². The molecule has 0 aliphatic rings. The van der Waals surface area contributed by atoms with Gasteiger partial charge in [0.05, 0.1) is 36.3 Å². The van der Waals surface area contributed by atoms with Gasteiger partial charge in [0, 0.05) is 49.6 Å². The van der Waals surface area contributed by atoms with Gasteiger partial charge in [-0.1, -0.05) is 97.1 Å². The largest absolute Gasteiger partial charge is 0.276 e. The maximum absolute atomic E-state index is 5.36. The fourth-order valence-corrected chi connectivity index (χ4v) is 9.44. The second-order valence-corrected chi connectivity index (χ2v) is 13.3. The fourth-order valence-electron chi connectivity index (χ4n) is 6.66. The summed E-state index contributed by atoms with van der Waals surface area (Å²) in [7, 11) is 0. The molecule has 5 heterocycles. The molecular formula is C39H22N4S2. The number of nitrogens with zero attached hydrogens (tertiary/aromatic N) is 4. The Balaban J connectivity index is 1.27. The van der Waals surface area contributed by atoms with E-state index in [1.54, 1.807) is 6.20 Å². The zero-order chi connectivity index (χ0) is 29.5. The summed E-state index contributed by atoms with van der Waals surface area (Å²) in [5, 5.41) is 6.07. The van der Waals surface area contributed by atoms with Gasteiger partial charge in [0.15, 0.2) is 0 Å². The predicted molar refractivity (Wildman–Crippen MR) is 191 cm³/mol. The standard InChI is InChI=1S/C39H22N4S2/c1-4-12-31-28(10-1)34(24-17-15-23(16-18-24)25-8-7-21-40-22-25)42-39(41-31)43-32-13-5-2-9-26(32)27-19-20-30-36(35(27)43)45-37-29-11-3-6-14-33(29)44-38(30)37/h1-22H. The van der Waals surface area contributed by atoms with Gasteiger partial charge in [-0.2, -0.15) is 0 Å². The van der Waals surface area contributed by atoms with Crippen molar-refractivity contribution in [3.63, 3.8) is 0 Å². The van der Waals surface area contributed by atoms with Crippen LogP contribution in [-0.4, -0.2) is 19.5 Å². The van der Waals surface area contributed by atoms with Crippen LogP contribution in [0.5, 0.6) is 0 Å². The lowest BCUT2D eigenvalue weighted by atomic mass is 10.0. The molecular weight excluding hydrogens is 589 g/mol. The van der Waals surface area contributed by atoms with Crippen molar-refractivity contribution in [1.82, 2.24) is 19.5 Å². The second-order valence-electron chi connectivity index (χ2n) is 11.3. The van der Waals surface area contributed by atoms with E-state index in [9.17, 15) is 0 Å². The zero-order valence-corrected chi connectivity index (χ0v) is 25.4. The Kier molecular flexibility index (Phi) is 5.29. The molecule has 0 fully saturated rings. The molecule has 6 heteroatoms. The van der Waals surface area contributed by atoms with Crippen molar-refractivity contribution in [1.29, 1.82) is 0 Å². The van der Waals surface area contributed by atoms with E-state index in [1.807, 2.05) is 34.9 Å². The number of benzene rings is 5. The van der Waals surface area contributed by atoms with Gasteiger partial charge in [-0.25, -0.2) is 9.97 Å². The molecule has 0 aliphatic heterocycles. The van der Waals surface area contributed by atoms with Crippen LogP contribution < -0.4 is 0 Å². The summed E-state index contributed by atoms with van der Waals surface area (Å²) in [6.45, 7) is 0. The highest BCUT2D eigenvalue weighted by atomic mass is 32.1. The molecule has 210 valence electrons. The molecule has 4 nitrogen and oxygen atoms in total. The Hall–Kier alpha value is -5.43. The highest BCUT2D eigenvalue weighted by Gasteiger charge is 2.22. The number of rotatable bonds is 3. The normalized spacial score (nSPS) is 12.0. The molecule has 5 aromatic heterocycles. The predicted octanol–water partition coefficient (Wildman–Crippen LogP) is 11.0. The fraction of sp³-hybridized carbons (Fsp3) is 0. The van der Waals surface area contributed by atoms with Crippen molar-refractivity contribution in [2.75, 3.05) is 0 Å². The van der Waals surface area contributed by atoms with E-state index < -0.39 is 0 Å². The van der Waals surface area contributed by atoms with E-state index >= 15 is 0 Å². The lowest BCUT2D eigenvalue weighted by Crippen LogP contribution is -2.03. The van der Waals surface area contributed by atoms with Crippen LogP contribution >= 0.6 is 22.7 Å². The molecule has 10 aromatic rings. The Bertz CT molecular complexity index is 2750. The number of aromatic nitrogens is 4. The Morgan fingerprint density at radius 3 is 2.09 bits per heavy atom. The highest BCUT2D eigenvalue weighted by molar-refractivity contribution is 7.37. The van der Waals surface area contributed by atoms with E-state index in [-0.39, 0.29) is 0 Å². The monoisotopic (exact) mass is 610 g/mol. The maximum atomic E-state index is 5.36. The van der Waals surface area contributed by atoms with Crippen LogP contribution in [0.3, 0.4) is 0 Å². The number of pyridine rings is 1. The van der Waals surface area contributed by atoms with Gasteiger partial charge in [0.2, 0.25) is 5.95 Å². The molecule has 0 saturated heterocycles. The molecule has 0 radical (unpaired) electrons. The average Bonchev–Trinajstić information content (AvgIpc) is 3.76.